The van der Waals surface area contributed by atoms with Crippen LogP contribution in [0.25, 0.3) is 66.6 Å². The lowest BCUT2D eigenvalue weighted by atomic mass is 9.78. The van der Waals surface area contributed by atoms with Gasteiger partial charge in [0, 0.05) is 34.9 Å². The lowest BCUT2D eigenvalue weighted by Crippen LogP contribution is -2.16. The van der Waals surface area contributed by atoms with E-state index in [1.165, 1.54) is 77.2 Å². The number of aromatic nitrogens is 1. The van der Waals surface area contributed by atoms with Crippen LogP contribution < -0.4 is 4.90 Å². The summed E-state index contributed by atoms with van der Waals surface area (Å²) in [5.41, 5.74) is 15.6. The molecule has 2 nitrogen and oxygen atoms in total. The zero-order valence-corrected chi connectivity index (χ0v) is 31.5. The van der Waals surface area contributed by atoms with E-state index < -0.39 is 0 Å². The number of hydrogen-bond donors (Lipinski definition) is 0. The summed E-state index contributed by atoms with van der Waals surface area (Å²) in [5.74, 6) is 0. The summed E-state index contributed by atoms with van der Waals surface area (Å²) in [7, 11) is 0. The molecule has 1 aliphatic carbocycles. The fourth-order valence-electron chi connectivity index (χ4n) is 8.45. The molecule has 0 amide bonds. The Morgan fingerprint density at radius 3 is 1.25 bits per heavy atom. The summed E-state index contributed by atoms with van der Waals surface area (Å²) in [6.07, 6.45) is 6.17. The van der Waals surface area contributed by atoms with Crippen molar-refractivity contribution in [1.29, 1.82) is 0 Å². The molecule has 0 N–H and O–H groups in total. The van der Waals surface area contributed by atoms with Crippen molar-refractivity contribution in [2.75, 3.05) is 4.90 Å². The van der Waals surface area contributed by atoms with E-state index in [4.69, 9.17) is 0 Å². The van der Waals surface area contributed by atoms with Gasteiger partial charge < -0.3 is 4.90 Å². The zero-order chi connectivity index (χ0) is 37.6. The van der Waals surface area contributed by atoms with Crippen molar-refractivity contribution in [2.45, 2.75) is 19.3 Å². The van der Waals surface area contributed by atoms with Gasteiger partial charge in [0.15, 0.2) is 0 Å². The molecule has 0 bridgehead atoms. The van der Waals surface area contributed by atoms with Gasteiger partial charge in [0.05, 0.1) is 0 Å². The number of nitrogens with zero attached hydrogens (tertiary/aromatic N) is 2. The molecule has 0 spiro atoms. The number of benzene rings is 8. The van der Waals surface area contributed by atoms with Crippen LogP contribution in [-0.2, 0) is 5.41 Å². The number of allylic oxidation sites excluding steroid dienone is 1. The van der Waals surface area contributed by atoms with Gasteiger partial charge >= 0.3 is 0 Å². The summed E-state index contributed by atoms with van der Waals surface area (Å²) in [4.78, 5) is 6.71. The summed E-state index contributed by atoms with van der Waals surface area (Å²) in [5, 5.41) is 5.01. The highest BCUT2D eigenvalue weighted by atomic mass is 15.1. The van der Waals surface area contributed by atoms with Crippen LogP contribution in [0.3, 0.4) is 0 Å². The van der Waals surface area contributed by atoms with Crippen LogP contribution >= 0.6 is 0 Å². The zero-order valence-electron chi connectivity index (χ0n) is 31.5. The average molecular weight is 717 g/mol. The highest BCUT2D eigenvalue weighted by Crippen LogP contribution is 2.46. The molecule has 1 aliphatic rings. The van der Waals surface area contributed by atoms with Gasteiger partial charge in [0.2, 0.25) is 0 Å². The molecule has 9 aromatic rings. The van der Waals surface area contributed by atoms with E-state index in [0.717, 1.165) is 17.1 Å². The van der Waals surface area contributed by atoms with E-state index in [2.05, 4.69) is 218 Å². The predicted molar refractivity (Wildman–Crippen MR) is 238 cm³/mol. The number of fused-ring (bicyclic) bond motifs is 3. The van der Waals surface area contributed by atoms with Crippen molar-refractivity contribution in [3.8, 4) is 33.4 Å². The lowest BCUT2D eigenvalue weighted by molar-refractivity contribution is 0.702. The minimum Gasteiger partial charge on any atom is -0.311 e. The second-order valence-electron chi connectivity index (χ2n) is 15.3. The number of rotatable bonds is 7. The molecule has 56 heavy (non-hydrogen) atoms. The van der Waals surface area contributed by atoms with Gasteiger partial charge in [0.25, 0.3) is 0 Å². The van der Waals surface area contributed by atoms with E-state index in [1.807, 2.05) is 12.4 Å². The molecular weight excluding hydrogens is 677 g/mol. The van der Waals surface area contributed by atoms with Gasteiger partial charge in [-0.1, -0.05) is 147 Å². The predicted octanol–water partition coefficient (Wildman–Crippen LogP) is 14.7. The molecular formula is C54H40N2. The molecule has 1 aromatic heterocycles. The van der Waals surface area contributed by atoms with Gasteiger partial charge in [-0.05, 0) is 138 Å². The van der Waals surface area contributed by atoms with Gasteiger partial charge in [0.1, 0.15) is 0 Å². The quantitative estimate of drug-likeness (QED) is 0.163. The maximum atomic E-state index is 4.36. The highest BCUT2D eigenvalue weighted by Gasteiger charge is 2.33. The van der Waals surface area contributed by atoms with Crippen molar-refractivity contribution in [2.24, 2.45) is 0 Å². The maximum Gasteiger partial charge on any atom is 0.0462 e. The van der Waals surface area contributed by atoms with Crippen LogP contribution in [0.2, 0.25) is 0 Å². The normalized spacial score (nSPS) is 13.1. The molecule has 0 atom stereocenters. The van der Waals surface area contributed by atoms with Crippen molar-refractivity contribution in [3.63, 3.8) is 0 Å². The van der Waals surface area contributed by atoms with Gasteiger partial charge in [-0.3, -0.25) is 4.98 Å². The van der Waals surface area contributed by atoms with Crippen LogP contribution in [0.15, 0.2) is 200 Å². The minimum absolute atomic E-state index is 0.0632. The van der Waals surface area contributed by atoms with Crippen LogP contribution in [0.5, 0.6) is 0 Å². The van der Waals surface area contributed by atoms with Crippen LogP contribution in [0.1, 0.15) is 30.5 Å². The number of anilines is 3. The highest BCUT2D eigenvalue weighted by molar-refractivity contribution is 5.94. The fourth-order valence-corrected chi connectivity index (χ4v) is 8.45. The Kier molecular flexibility index (Phi) is 8.19. The molecule has 0 fully saturated rings. The van der Waals surface area contributed by atoms with Gasteiger partial charge in [-0.25, -0.2) is 0 Å². The first-order valence-electron chi connectivity index (χ1n) is 19.3. The minimum atomic E-state index is -0.0632. The summed E-state index contributed by atoms with van der Waals surface area (Å²) < 4.78 is 0. The van der Waals surface area contributed by atoms with E-state index in [1.54, 1.807) is 0 Å². The third-order valence-corrected chi connectivity index (χ3v) is 11.6. The first-order chi connectivity index (χ1) is 27.5. The average Bonchev–Trinajstić information content (AvgIpc) is 3.54. The van der Waals surface area contributed by atoms with E-state index in [0.29, 0.717) is 0 Å². The first-order valence-corrected chi connectivity index (χ1v) is 19.3. The van der Waals surface area contributed by atoms with Gasteiger partial charge in [-0.2, -0.15) is 0 Å². The summed E-state index contributed by atoms with van der Waals surface area (Å²) in [6.45, 7) is 4.61. The van der Waals surface area contributed by atoms with Crippen molar-refractivity contribution >= 4 is 50.3 Å². The summed E-state index contributed by atoms with van der Waals surface area (Å²) >= 11 is 0. The number of pyridine rings is 1. The Morgan fingerprint density at radius 1 is 0.393 bits per heavy atom. The maximum absolute atomic E-state index is 4.36. The van der Waals surface area contributed by atoms with Gasteiger partial charge in [-0.15, -0.1) is 0 Å². The van der Waals surface area contributed by atoms with Crippen molar-refractivity contribution in [3.05, 3.63) is 217 Å². The lowest BCUT2D eigenvalue weighted by Gasteiger charge is -2.26. The molecule has 0 aliphatic heterocycles. The monoisotopic (exact) mass is 716 g/mol. The Bertz CT molecular complexity index is 2780. The number of hydrogen-bond acceptors (Lipinski definition) is 2. The second kappa shape index (κ2) is 13.7. The molecule has 0 unspecified atom stereocenters. The molecule has 0 radical (unpaired) electrons. The third kappa shape index (κ3) is 6.06. The summed E-state index contributed by atoms with van der Waals surface area (Å²) in [6, 6.07) is 68.5. The van der Waals surface area contributed by atoms with E-state index >= 15 is 0 Å². The fraction of sp³-hybridized carbons (Fsp3) is 0.0556. The van der Waals surface area contributed by atoms with E-state index in [-0.39, 0.29) is 5.41 Å². The Labute approximate surface area is 328 Å². The molecule has 266 valence electrons. The van der Waals surface area contributed by atoms with Crippen LogP contribution in [0, 0.1) is 0 Å². The largest absolute Gasteiger partial charge is 0.311 e. The Hall–Kier alpha value is -7.03. The van der Waals surface area contributed by atoms with Crippen molar-refractivity contribution in [1.82, 2.24) is 4.98 Å². The Balaban J connectivity index is 0.974. The first kappa shape index (κ1) is 33.5. The third-order valence-electron chi connectivity index (χ3n) is 11.6. The second-order valence-corrected chi connectivity index (χ2v) is 15.3. The standard InChI is InChI=1S/C54H40N2/c1-54(2)52-31-32-55-36-48(52)35-53(54)43-15-11-39(12-16-43)40-19-25-49(26-20-40)56(50-27-21-41(22-28-50)46-17-13-37-7-3-5-9-44(37)33-46)51-29-23-42(24-30-51)47-18-14-38-8-4-6-10-45(38)34-47/h3-36H,1-2H3. The van der Waals surface area contributed by atoms with Crippen molar-refractivity contribution < 1.29 is 0 Å². The molecule has 8 aromatic carbocycles. The Morgan fingerprint density at radius 2 is 0.786 bits per heavy atom. The molecule has 2 heteroatoms. The molecule has 10 rings (SSSR count). The topological polar surface area (TPSA) is 16.1 Å². The molecule has 1 heterocycles. The molecule has 0 saturated carbocycles. The van der Waals surface area contributed by atoms with Crippen LogP contribution in [-0.4, -0.2) is 4.98 Å². The van der Waals surface area contributed by atoms with Crippen LogP contribution in [0.4, 0.5) is 17.1 Å². The molecule has 0 saturated heterocycles. The SMILES string of the molecule is CC1(C)C(c2ccc(-c3ccc(N(c4ccc(-c5ccc6ccccc6c5)cc4)c4ccc(-c5ccc6ccccc6c5)cc4)cc3)cc2)=Cc2cnccc21. The van der Waals surface area contributed by atoms with E-state index in [9.17, 15) is 0 Å². The smallest absolute Gasteiger partial charge is 0.0462 e.